The molecule has 2 aromatic heterocycles. The van der Waals surface area contributed by atoms with Crippen molar-refractivity contribution in [2.45, 2.75) is 25.5 Å². The molecule has 5 heteroatoms. The first-order valence-electron chi connectivity index (χ1n) is 6.18. The molecule has 0 aliphatic carbocycles. The molecule has 1 N–H and O–H groups in total. The highest BCUT2D eigenvalue weighted by molar-refractivity contribution is 7.14. The minimum atomic E-state index is -0.159. The molecule has 3 heterocycles. The maximum Gasteiger partial charge on any atom is 0.124 e. The summed E-state index contributed by atoms with van der Waals surface area (Å²) in [5.41, 5.74) is 2.34. The third-order valence-corrected chi connectivity index (χ3v) is 4.81. The zero-order valence-electron chi connectivity index (χ0n) is 10.1. The van der Waals surface area contributed by atoms with E-state index in [9.17, 15) is 5.11 Å². The molecule has 3 rings (SSSR count). The molecule has 0 saturated carbocycles. The molecule has 0 aromatic carbocycles. The summed E-state index contributed by atoms with van der Waals surface area (Å²) in [5.74, 6) is 0. The topological polar surface area (TPSA) is 36.4 Å². The maximum absolute atomic E-state index is 9.65. The van der Waals surface area contributed by atoms with Crippen LogP contribution in [0.4, 0.5) is 0 Å². The molecule has 3 nitrogen and oxygen atoms in total. The fourth-order valence-corrected chi connectivity index (χ4v) is 3.83. The van der Waals surface area contributed by atoms with E-state index in [1.807, 2.05) is 0 Å². The molecule has 96 valence electrons. The van der Waals surface area contributed by atoms with Crippen LogP contribution in [0.5, 0.6) is 0 Å². The van der Waals surface area contributed by atoms with Crippen molar-refractivity contribution in [1.82, 2.24) is 9.88 Å². The molecule has 1 aliphatic heterocycles. The highest BCUT2D eigenvalue weighted by atomic mass is 32.1. The van der Waals surface area contributed by atoms with Crippen LogP contribution in [0, 0.1) is 0 Å². The zero-order chi connectivity index (χ0) is 12.4. The van der Waals surface area contributed by atoms with E-state index in [1.165, 1.54) is 5.56 Å². The van der Waals surface area contributed by atoms with Gasteiger partial charge in [0.05, 0.1) is 11.8 Å². The highest BCUT2D eigenvalue weighted by Gasteiger charge is 2.18. The lowest BCUT2D eigenvalue weighted by Crippen LogP contribution is -2.37. The van der Waals surface area contributed by atoms with Gasteiger partial charge in [-0.3, -0.25) is 4.90 Å². The van der Waals surface area contributed by atoms with Gasteiger partial charge >= 0.3 is 0 Å². The number of thiophene rings is 1. The van der Waals surface area contributed by atoms with Crippen molar-refractivity contribution in [3.8, 4) is 10.6 Å². The molecule has 0 amide bonds. The predicted molar refractivity (Wildman–Crippen MR) is 75.9 cm³/mol. The second kappa shape index (κ2) is 5.48. The molecule has 1 aliphatic rings. The minimum absolute atomic E-state index is 0.159. The van der Waals surface area contributed by atoms with Crippen LogP contribution < -0.4 is 0 Å². The number of aliphatic hydroxyl groups is 1. The first kappa shape index (κ1) is 12.3. The Labute approximate surface area is 115 Å². The van der Waals surface area contributed by atoms with Crippen molar-refractivity contribution in [3.05, 3.63) is 27.9 Å². The van der Waals surface area contributed by atoms with Crippen LogP contribution in [0.25, 0.3) is 10.6 Å². The number of thiazole rings is 1. The number of piperidine rings is 1. The summed E-state index contributed by atoms with van der Waals surface area (Å²) in [7, 11) is 0. The molecule has 1 unspecified atom stereocenters. The average molecular weight is 280 g/mol. The predicted octanol–water partition coefficient (Wildman–Crippen LogP) is 2.83. The number of likely N-dealkylation sites (tertiary alicyclic amines) is 1. The second-order valence-electron chi connectivity index (χ2n) is 4.69. The van der Waals surface area contributed by atoms with Crippen LogP contribution in [0.3, 0.4) is 0 Å². The quantitative estimate of drug-likeness (QED) is 0.939. The SMILES string of the molecule is OC1CCCN(Cc2csc(-c3ccsc3)n2)C1. The fraction of sp³-hybridized carbons (Fsp3) is 0.462. The van der Waals surface area contributed by atoms with E-state index in [-0.39, 0.29) is 6.10 Å². The van der Waals surface area contributed by atoms with Crippen LogP contribution in [0.15, 0.2) is 22.2 Å². The Hall–Kier alpha value is -0.750. The molecular formula is C13H16N2OS2. The largest absolute Gasteiger partial charge is 0.392 e. The van der Waals surface area contributed by atoms with Crippen molar-refractivity contribution in [2.24, 2.45) is 0 Å². The van der Waals surface area contributed by atoms with Crippen molar-refractivity contribution in [1.29, 1.82) is 0 Å². The third-order valence-electron chi connectivity index (χ3n) is 3.19. The van der Waals surface area contributed by atoms with E-state index in [1.54, 1.807) is 22.7 Å². The summed E-state index contributed by atoms with van der Waals surface area (Å²) < 4.78 is 0. The second-order valence-corrected chi connectivity index (χ2v) is 6.33. The van der Waals surface area contributed by atoms with Gasteiger partial charge in [-0.2, -0.15) is 11.3 Å². The summed E-state index contributed by atoms with van der Waals surface area (Å²) >= 11 is 3.41. The lowest BCUT2D eigenvalue weighted by molar-refractivity contribution is 0.0663. The van der Waals surface area contributed by atoms with Gasteiger partial charge in [0.1, 0.15) is 5.01 Å². The lowest BCUT2D eigenvalue weighted by Gasteiger charge is -2.29. The molecule has 0 spiro atoms. The molecule has 1 fully saturated rings. The lowest BCUT2D eigenvalue weighted by atomic mass is 10.1. The van der Waals surface area contributed by atoms with E-state index in [2.05, 4.69) is 32.1 Å². The molecule has 2 aromatic rings. The van der Waals surface area contributed by atoms with Crippen LogP contribution in [0.1, 0.15) is 18.5 Å². The van der Waals surface area contributed by atoms with Gasteiger partial charge < -0.3 is 5.11 Å². The van der Waals surface area contributed by atoms with Crippen LogP contribution in [-0.4, -0.2) is 34.2 Å². The Morgan fingerprint density at radius 1 is 1.44 bits per heavy atom. The van der Waals surface area contributed by atoms with E-state index in [0.717, 1.165) is 43.2 Å². The van der Waals surface area contributed by atoms with Gasteiger partial charge in [0.2, 0.25) is 0 Å². The summed E-state index contributed by atoms with van der Waals surface area (Å²) in [6, 6.07) is 2.11. The van der Waals surface area contributed by atoms with Crippen molar-refractivity contribution >= 4 is 22.7 Å². The highest BCUT2D eigenvalue weighted by Crippen LogP contribution is 2.26. The average Bonchev–Trinajstić information content (AvgIpc) is 2.98. The van der Waals surface area contributed by atoms with Crippen molar-refractivity contribution in [3.63, 3.8) is 0 Å². The Morgan fingerprint density at radius 2 is 2.39 bits per heavy atom. The number of hydrogen-bond acceptors (Lipinski definition) is 5. The van der Waals surface area contributed by atoms with Gasteiger partial charge in [-0.25, -0.2) is 4.98 Å². The van der Waals surface area contributed by atoms with E-state index >= 15 is 0 Å². The van der Waals surface area contributed by atoms with E-state index in [4.69, 9.17) is 0 Å². The smallest absolute Gasteiger partial charge is 0.124 e. The normalized spacial score (nSPS) is 21.3. The number of hydrogen-bond donors (Lipinski definition) is 1. The standard InChI is InChI=1S/C13H16N2OS2/c16-12-2-1-4-15(7-12)6-11-9-18-13(14-11)10-3-5-17-8-10/h3,5,8-9,12,16H,1-2,4,6-7H2. The number of nitrogens with zero attached hydrogens (tertiary/aromatic N) is 2. The Morgan fingerprint density at radius 3 is 3.17 bits per heavy atom. The van der Waals surface area contributed by atoms with Gasteiger partial charge in [0, 0.05) is 29.4 Å². The van der Waals surface area contributed by atoms with Gasteiger partial charge in [-0.05, 0) is 30.8 Å². The van der Waals surface area contributed by atoms with Crippen LogP contribution in [-0.2, 0) is 6.54 Å². The Balaban J connectivity index is 1.66. The molecule has 0 bridgehead atoms. The van der Waals surface area contributed by atoms with Crippen molar-refractivity contribution < 1.29 is 5.11 Å². The van der Waals surface area contributed by atoms with Crippen LogP contribution >= 0.6 is 22.7 Å². The number of aromatic nitrogens is 1. The van der Waals surface area contributed by atoms with Crippen molar-refractivity contribution in [2.75, 3.05) is 13.1 Å². The molecule has 0 radical (unpaired) electrons. The fourth-order valence-electron chi connectivity index (χ4n) is 2.30. The van der Waals surface area contributed by atoms with Crippen LogP contribution in [0.2, 0.25) is 0 Å². The third kappa shape index (κ3) is 2.80. The van der Waals surface area contributed by atoms with E-state index in [0.29, 0.717) is 0 Å². The number of β-amino-alcohol motifs (C(OH)–C–C–N with tert-alkyl or cyclic N) is 1. The Kier molecular flexibility index (Phi) is 3.75. The maximum atomic E-state index is 9.65. The molecule has 1 atom stereocenters. The zero-order valence-corrected chi connectivity index (χ0v) is 11.7. The minimum Gasteiger partial charge on any atom is -0.392 e. The first-order valence-corrected chi connectivity index (χ1v) is 8.01. The van der Waals surface area contributed by atoms with Gasteiger partial charge in [0.15, 0.2) is 0 Å². The summed E-state index contributed by atoms with van der Waals surface area (Å²) in [6.45, 7) is 2.71. The summed E-state index contributed by atoms with van der Waals surface area (Å²) in [5, 5.41) is 17.1. The monoisotopic (exact) mass is 280 g/mol. The van der Waals surface area contributed by atoms with E-state index < -0.39 is 0 Å². The summed E-state index contributed by atoms with van der Waals surface area (Å²) in [4.78, 5) is 6.97. The molecular weight excluding hydrogens is 264 g/mol. The first-order chi connectivity index (χ1) is 8.81. The number of aliphatic hydroxyl groups excluding tert-OH is 1. The van der Waals surface area contributed by atoms with Gasteiger partial charge in [-0.1, -0.05) is 0 Å². The number of rotatable bonds is 3. The molecule has 1 saturated heterocycles. The summed E-state index contributed by atoms with van der Waals surface area (Å²) in [6.07, 6.45) is 1.87. The molecule has 18 heavy (non-hydrogen) atoms. The van der Waals surface area contributed by atoms with Gasteiger partial charge in [-0.15, -0.1) is 11.3 Å². The Bertz CT molecular complexity index is 495. The van der Waals surface area contributed by atoms with Gasteiger partial charge in [0.25, 0.3) is 0 Å².